The van der Waals surface area contributed by atoms with Crippen LogP contribution in [-0.2, 0) is 4.79 Å². The number of hydrogen-bond donors (Lipinski definition) is 1. The lowest BCUT2D eigenvalue weighted by atomic mass is 10.2. The summed E-state index contributed by atoms with van der Waals surface area (Å²) in [6.45, 7) is 4.93. The number of amides is 1. The minimum absolute atomic E-state index is 0. The van der Waals surface area contributed by atoms with E-state index in [4.69, 9.17) is 9.47 Å². The maximum atomic E-state index is 12.7. The maximum absolute atomic E-state index is 12.7. The molecule has 7 heteroatoms. The van der Waals surface area contributed by atoms with Crippen LogP contribution >= 0.6 is 24.2 Å². The van der Waals surface area contributed by atoms with Crippen LogP contribution in [0.3, 0.4) is 0 Å². The Labute approximate surface area is 160 Å². The molecule has 0 aromatic heterocycles. The number of benzene rings is 1. The molecule has 3 rings (SSSR count). The Bertz CT molecular complexity index is 555. The van der Waals surface area contributed by atoms with Crippen molar-refractivity contribution in [1.82, 2.24) is 10.2 Å². The van der Waals surface area contributed by atoms with E-state index < -0.39 is 0 Å². The zero-order valence-electron chi connectivity index (χ0n) is 14.6. The van der Waals surface area contributed by atoms with E-state index in [9.17, 15) is 4.79 Å². The highest BCUT2D eigenvalue weighted by Gasteiger charge is 2.26. The number of ether oxygens (including phenoxy) is 2. The highest BCUT2D eigenvalue weighted by molar-refractivity contribution is 7.99. The average molecular weight is 387 g/mol. The molecule has 2 heterocycles. The van der Waals surface area contributed by atoms with Gasteiger partial charge in [-0.15, -0.1) is 12.4 Å². The lowest BCUT2D eigenvalue weighted by Gasteiger charge is -2.32. The van der Waals surface area contributed by atoms with Gasteiger partial charge in [0.25, 0.3) is 0 Å². The van der Waals surface area contributed by atoms with Gasteiger partial charge >= 0.3 is 0 Å². The molecule has 25 heavy (non-hydrogen) atoms. The van der Waals surface area contributed by atoms with E-state index in [1.807, 2.05) is 40.9 Å². The summed E-state index contributed by atoms with van der Waals surface area (Å²) in [5.74, 6) is 3.91. The van der Waals surface area contributed by atoms with Crippen molar-refractivity contribution in [1.29, 1.82) is 0 Å². The van der Waals surface area contributed by atoms with E-state index in [1.165, 1.54) is 0 Å². The molecule has 0 spiro atoms. The molecule has 1 N–H and O–H groups in total. The van der Waals surface area contributed by atoms with E-state index in [0.29, 0.717) is 25.6 Å². The molecule has 0 bridgehead atoms. The first kappa shape index (κ1) is 20.2. The Morgan fingerprint density at radius 3 is 2.88 bits per heavy atom. The summed E-state index contributed by atoms with van der Waals surface area (Å²) >= 11 is 1.92. The van der Waals surface area contributed by atoms with Gasteiger partial charge in [0.1, 0.15) is 6.61 Å². The van der Waals surface area contributed by atoms with Gasteiger partial charge in [-0.1, -0.05) is 19.1 Å². The van der Waals surface area contributed by atoms with Gasteiger partial charge in [-0.25, -0.2) is 0 Å². The molecule has 2 unspecified atom stereocenters. The summed E-state index contributed by atoms with van der Waals surface area (Å²) in [6.07, 6.45) is 1.41. The molecule has 1 fully saturated rings. The van der Waals surface area contributed by atoms with Crippen LogP contribution in [0.5, 0.6) is 11.5 Å². The fourth-order valence-electron chi connectivity index (χ4n) is 3.08. The van der Waals surface area contributed by atoms with Crippen molar-refractivity contribution >= 4 is 30.1 Å². The number of para-hydroxylation sites is 2. The van der Waals surface area contributed by atoms with Gasteiger partial charge in [0.15, 0.2) is 17.6 Å². The van der Waals surface area contributed by atoms with Crippen molar-refractivity contribution in [3.05, 3.63) is 24.3 Å². The molecule has 1 saturated heterocycles. The maximum Gasteiger partial charge on any atom is 0.224 e. The van der Waals surface area contributed by atoms with E-state index in [2.05, 4.69) is 12.2 Å². The van der Waals surface area contributed by atoms with E-state index >= 15 is 0 Å². The molecule has 1 amide bonds. The fraction of sp³-hybridized carbons (Fsp3) is 0.611. The minimum atomic E-state index is -0.107. The van der Waals surface area contributed by atoms with E-state index in [-0.39, 0.29) is 24.4 Å². The average Bonchev–Trinajstić information content (AvgIpc) is 2.62. The standard InChI is InChI=1S/C18H26N2O3S.ClH/c1-2-8-20(18(21)10-14-13-24-9-7-19-14)11-15-12-22-16-5-3-4-6-17(16)23-15;/h3-6,14-15,19H,2,7-13H2,1H3;1H. The summed E-state index contributed by atoms with van der Waals surface area (Å²) in [4.78, 5) is 14.6. The van der Waals surface area contributed by atoms with Gasteiger partial charge in [-0.05, 0) is 18.6 Å². The number of carbonyl (C=O) groups is 1. The van der Waals surface area contributed by atoms with Crippen LogP contribution in [0.25, 0.3) is 0 Å². The third-order valence-electron chi connectivity index (χ3n) is 4.26. The van der Waals surface area contributed by atoms with E-state index in [1.54, 1.807) is 0 Å². The molecule has 2 atom stereocenters. The van der Waals surface area contributed by atoms with Gasteiger partial charge in [0.2, 0.25) is 5.91 Å². The first-order chi connectivity index (χ1) is 11.8. The summed E-state index contributed by atoms with van der Waals surface area (Å²) in [7, 11) is 0. The lowest BCUT2D eigenvalue weighted by molar-refractivity contribution is -0.133. The molecule has 0 aliphatic carbocycles. The zero-order valence-corrected chi connectivity index (χ0v) is 16.2. The van der Waals surface area contributed by atoms with Gasteiger partial charge in [-0.3, -0.25) is 4.79 Å². The highest BCUT2D eigenvalue weighted by Crippen LogP contribution is 2.31. The van der Waals surface area contributed by atoms with Crippen LogP contribution < -0.4 is 14.8 Å². The van der Waals surface area contributed by atoms with Gasteiger partial charge in [0, 0.05) is 37.1 Å². The lowest BCUT2D eigenvalue weighted by Crippen LogP contribution is -2.47. The first-order valence-corrected chi connectivity index (χ1v) is 9.89. The normalized spacial score (nSPS) is 22.0. The second-order valence-electron chi connectivity index (χ2n) is 6.27. The van der Waals surface area contributed by atoms with Crippen molar-refractivity contribution in [2.24, 2.45) is 0 Å². The Hall–Kier alpha value is -1.11. The monoisotopic (exact) mass is 386 g/mol. The number of fused-ring (bicyclic) bond motifs is 1. The van der Waals surface area contributed by atoms with Crippen molar-refractivity contribution in [3.8, 4) is 11.5 Å². The topological polar surface area (TPSA) is 50.8 Å². The number of carbonyl (C=O) groups excluding carboxylic acids is 1. The number of nitrogens with zero attached hydrogens (tertiary/aromatic N) is 1. The van der Waals surface area contributed by atoms with Gasteiger partial charge in [-0.2, -0.15) is 11.8 Å². The van der Waals surface area contributed by atoms with Crippen LogP contribution in [0.4, 0.5) is 0 Å². The largest absolute Gasteiger partial charge is 0.486 e. The van der Waals surface area contributed by atoms with Crippen molar-refractivity contribution in [3.63, 3.8) is 0 Å². The van der Waals surface area contributed by atoms with Crippen LogP contribution in [-0.4, -0.2) is 60.7 Å². The Morgan fingerprint density at radius 2 is 2.16 bits per heavy atom. The zero-order chi connectivity index (χ0) is 16.8. The molecule has 0 radical (unpaired) electrons. The molecular formula is C18H27ClN2O3S. The summed E-state index contributed by atoms with van der Waals surface area (Å²) in [5.41, 5.74) is 0. The minimum Gasteiger partial charge on any atom is -0.486 e. The Kier molecular flexibility index (Phi) is 8.19. The van der Waals surface area contributed by atoms with Crippen LogP contribution in [0, 0.1) is 0 Å². The van der Waals surface area contributed by atoms with E-state index in [0.717, 1.165) is 42.5 Å². The molecule has 1 aromatic carbocycles. The van der Waals surface area contributed by atoms with Crippen molar-refractivity contribution < 1.29 is 14.3 Å². The summed E-state index contributed by atoms with van der Waals surface area (Å²) < 4.78 is 11.8. The SMILES string of the molecule is CCCN(CC1COc2ccccc2O1)C(=O)CC1CSCCN1.Cl. The molecule has 5 nitrogen and oxygen atoms in total. The quantitative estimate of drug-likeness (QED) is 0.814. The van der Waals surface area contributed by atoms with Crippen LogP contribution in [0.1, 0.15) is 19.8 Å². The number of nitrogens with one attached hydrogen (secondary N) is 1. The second kappa shape index (κ2) is 10.1. The molecule has 0 saturated carbocycles. The predicted octanol–water partition coefficient (Wildman–Crippen LogP) is 2.58. The molecule has 2 aliphatic rings. The number of halogens is 1. The fourth-order valence-corrected chi connectivity index (χ4v) is 4.03. The third kappa shape index (κ3) is 5.69. The van der Waals surface area contributed by atoms with Crippen LogP contribution in [0.15, 0.2) is 24.3 Å². The van der Waals surface area contributed by atoms with Crippen molar-refractivity contribution in [2.45, 2.75) is 31.9 Å². The highest BCUT2D eigenvalue weighted by atomic mass is 35.5. The Morgan fingerprint density at radius 1 is 1.36 bits per heavy atom. The van der Waals surface area contributed by atoms with Gasteiger partial charge in [0.05, 0.1) is 6.54 Å². The predicted molar refractivity (Wildman–Crippen MR) is 104 cm³/mol. The third-order valence-corrected chi connectivity index (χ3v) is 5.39. The van der Waals surface area contributed by atoms with Crippen LogP contribution in [0.2, 0.25) is 0 Å². The number of hydrogen-bond acceptors (Lipinski definition) is 5. The molecule has 1 aromatic rings. The smallest absolute Gasteiger partial charge is 0.224 e. The summed E-state index contributed by atoms with van der Waals surface area (Å²) in [6, 6.07) is 7.99. The van der Waals surface area contributed by atoms with Gasteiger partial charge < -0.3 is 19.7 Å². The number of thioether (sulfide) groups is 1. The molecule has 140 valence electrons. The second-order valence-corrected chi connectivity index (χ2v) is 7.42. The molecule has 2 aliphatic heterocycles. The first-order valence-electron chi connectivity index (χ1n) is 8.73. The number of rotatable bonds is 6. The van der Waals surface area contributed by atoms with Crippen molar-refractivity contribution in [2.75, 3.05) is 37.7 Å². The summed E-state index contributed by atoms with van der Waals surface area (Å²) in [5, 5.41) is 3.44. The Balaban J connectivity index is 0.00000225. The molecular weight excluding hydrogens is 360 g/mol.